The zero-order valence-corrected chi connectivity index (χ0v) is 45.9. The highest BCUT2D eigenvalue weighted by molar-refractivity contribution is 5.83. The van der Waals surface area contributed by atoms with Crippen LogP contribution in [0.1, 0.15) is 87.3 Å². The first-order chi connectivity index (χ1) is 37.4. The van der Waals surface area contributed by atoms with E-state index in [4.69, 9.17) is 47.1 Å². The number of carbonyl (C=O) groups excluding carboxylic acids is 2. The normalized spacial score (nSPS) is 16.3. The number of halogens is 1. The number of H-pyrrole nitrogens is 1. The van der Waals surface area contributed by atoms with Gasteiger partial charge in [-0.25, -0.2) is 9.36 Å². The molecule has 78 heavy (non-hydrogen) atoms. The molecule has 0 saturated carbocycles. The zero-order valence-electron chi connectivity index (χ0n) is 45.2. The predicted molar refractivity (Wildman–Crippen MR) is 292 cm³/mol. The average Bonchev–Trinajstić information content (AvgIpc) is 4.27. The van der Waals surface area contributed by atoms with Gasteiger partial charge in [0.2, 0.25) is 29.7 Å². The van der Waals surface area contributed by atoms with E-state index in [1.807, 2.05) is 52.4 Å². The van der Waals surface area contributed by atoms with Crippen LogP contribution in [0.5, 0.6) is 5.75 Å². The number of phenols is 1. The van der Waals surface area contributed by atoms with E-state index in [9.17, 15) is 14.7 Å². The number of aromatic nitrogens is 10. The van der Waals surface area contributed by atoms with Gasteiger partial charge in [0.15, 0.2) is 0 Å². The second-order valence-corrected chi connectivity index (χ2v) is 19.8. The summed E-state index contributed by atoms with van der Waals surface area (Å²) < 4.78 is 19.9. The number of fused-ring (bicyclic) bond motifs is 1. The van der Waals surface area contributed by atoms with Gasteiger partial charge < -0.3 is 73.1 Å². The molecule has 6 atom stereocenters. The van der Waals surface area contributed by atoms with E-state index in [1.54, 1.807) is 27.7 Å². The number of amides is 2. The molecule has 0 spiro atoms. The summed E-state index contributed by atoms with van der Waals surface area (Å²) in [6.07, 6.45) is 11.3. The van der Waals surface area contributed by atoms with Crippen molar-refractivity contribution in [2.45, 2.75) is 77.5 Å². The van der Waals surface area contributed by atoms with Crippen LogP contribution in [0.2, 0.25) is 0 Å². The van der Waals surface area contributed by atoms with Crippen LogP contribution in [0.15, 0.2) is 67.0 Å². The van der Waals surface area contributed by atoms with Crippen molar-refractivity contribution in [2.24, 2.45) is 23.3 Å². The van der Waals surface area contributed by atoms with Crippen molar-refractivity contribution in [3.05, 3.63) is 89.6 Å². The number of benzene rings is 2. The first kappa shape index (κ1) is 58.7. The summed E-state index contributed by atoms with van der Waals surface area (Å²) in [5.74, 6) is 4.05. The third-order valence-corrected chi connectivity index (χ3v) is 14.6. The number of hydrogen-bond acceptors (Lipinski definition) is 18. The average molecular weight is 1090 g/mol. The second kappa shape index (κ2) is 28.6. The largest absolute Gasteiger partial charge is 1.00 e. The minimum absolute atomic E-state index is 0. The minimum atomic E-state index is -0.700. The minimum Gasteiger partial charge on any atom is -1.00 e. The zero-order chi connectivity index (χ0) is 54.3. The van der Waals surface area contributed by atoms with Gasteiger partial charge in [0.25, 0.3) is 0 Å². The fourth-order valence-electron chi connectivity index (χ4n) is 9.37. The molecule has 2 amide bonds. The van der Waals surface area contributed by atoms with Gasteiger partial charge in [0, 0.05) is 83.0 Å². The van der Waals surface area contributed by atoms with E-state index in [0.29, 0.717) is 134 Å². The summed E-state index contributed by atoms with van der Waals surface area (Å²) in [7, 11) is 0. The Hall–Kier alpha value is -6.94. The molecule has 0 radical (unpaired) electrons. The monoisotopic (exact) mass is 1090 g/mol. The van der Waals surface area contributed by atoms with Crippen molar-refractivity contribution < 1.29 is 41.3 Å². The molecular formula is C54H75ClN17O6-. The molecule has 4 aromatic heterocycles. The van der Waals surface area contributed by atoms with Crippen molar-refractivity contribution in [1.29, 1.82) is 0 Å². The number of nitrogens with one attached hydrogen (secondary N) is 2. The van der Waals surface area contributed by atoms with E-state index in [2.05, 4.69) is 80.4 Å². The number of aromatic hydroxyl groups is 1. The van der Waals surface area contributed by atoms with Crippen molar-refractivity contribution in [1.82, 2.24) is 59.7 Å². The Bertz CT molecular complexity index is 2830. The lowest BCUT2D eigenvalue weighted by Crippen LogP contribution is -3.00. The molecule has 7 N–H and O–H groups in total. The molecule has 6 heterocycles. The topological polar surface area (TPSA) is 275 Å². The number of aromatic amines is 1. The van der Waals surface area contributed by atoms with Gasteiger partial charge in [-0.2, -0.15) is 15.0 Å². The van der Waals surface area contributed by atoms with E-state index < -0.39 is 12.1 Å². The SMILES string of the molecule is C#CCOCCOCCOCCNc1nc(N2CCN(C(=O)[C@H](Cc3ccc(O)cc3)n3cc([C@@H](N)C(C)CC)nn3)CC2)nc(N2CCN(C(=O)[C@H](Cc3cc4ccccc4[nH]3)n3cc([C@@H](N)C(C)CC)nn3)CC2)n1.[Cl-]. The van der Waals surface area contributed by atoms with Crippen molar-refractivity contribution >= 4 is 40.6 Å². The number of nitrogens with two attached hydrogens (primary N) is 2. The summed E-state index contributed by atoms with van der Waals surface area (Å²) in [6.45, 7) is 14.4. The lowest BCUT2D eigenvalue weighted by molar-refractivity contribution is -0.136. The molecule has 2 fully saturated rings. The highest BCUT2D eigenvalue weighted by Crippen LogP contribution is 2.28. The molecule has 2 aliphatic rings. The Kier molecular flexibility index (Phi) is 21.5. The van der Waals surface area contributed by atoms with Crippen LogP contribution in [0, 0.1) is 24.2 Å². The highest BCUT2D eigenvalue weighted by Gasteiger charge is 2.34. The molecule has 24 heteroatoms. The predicted octanol–water partition coefficient (Wildman–Crippen LogP) is 0.697. The number of piperazine rings is 2. The van der Waals surface area contributed by atoms with Crippen molar-refractivity contribution in [3.8, 4) is 18.1 Å². The van der Waals surface area contributed by atoms with Gasteiger partial charge in [-0.05, 0) is 47.1 Å². The van der Waals surface area contributed by atoms with E-state index in [1.165, 1.54) is 0 Å². The number of anilines is 3. The number of phenolic OH excluding ortho intramolecular Hbond substituents is 1. The standard InChI is InChI=1S/C54H75N17O6.ClH/c1-6-26-75-28-30-77-31-29-76-27-17-57-52-59-53(68-22-18-66(19-23-68)50(73)46(32-39-13-15-42(72)16-14-39)70-35-44(62-64-70)48(55)37(4)7-2)61-54(60-52)69-24-20-67(21-25-69)51(74)47(34-41-33-40-11-9-10-12-43(40)58-41)71-36-45(63-65-71)49(56)38(5)8-3;/h1,9-16,33,35-38,46-49,58,72H,7-8,17-32,34,55-56H2,2-5H3,(H,57,59,60,61);1H/p-1/t37?,38?,46-,47-,48-,49-;/m0./s1. The van der Waals surface area contributed by atoms with Gasteiger partial charge >= 0.3 is 0 Å². The summed E-state index contributed by atoms with van der Waals surface area (Å²) in [4.78, 5) is 55.4. The number of terminal acetylenes is 1. The van der Waals surface area contributed by atoms with Crippen molar-refractivity contribution in [2.75, 3.05) is 114 Å². The molecule has 2 aromatic carbocycles. The Labute approximate surface area is 462 Å². The maximum absolute atomic E-state index is 14.7. The smallest absolute Gasteiger partial charge is 0.248 e. The molecular weight excluding hydrogens is 1020 g/mol. The van der Waals surface area contributed by atoms with Crippen LogP contribution in [0.4, 0.5) is 17.8 Å². The van der Waals surface area contributed by atoms with Crippen LogP contribution in [0.3, 0.4) is 0 Å². The van der Waals surface area contributed by atoms with E-state index in [0.717, 1.165) is 35.0 Å². The number of carbonyl (C=O) groups is 2. The molecule has 6 aromatic rings. The number of rotatable bonds is 27. The molecule has 2 saturated heterocycles. The number of nitrogens with zero attached hydrogens (tertiary/aromatic N) is 13. The first-order valence-electron chi connectivity index (χ1n) is 26.9. The van der Waals surface area contributed by atoms with Gasteiger partial charge in [-0.15, -0.1) is 16.6 Å². The maximum atomic E-state index is 14.7. The summed E-state index contributed by atoms with van der Waals surface area (Å²) in [5, 5.41) is 32.2. The van der Waals surface area contributed by atoms with E-state index in [-0.39, 0.29) is 60.5 Å². The maximum Gasteiger partial charge on any atom is 0.248 e. The lowest BCUT2D eigenvalue weighted by Gasteiger charge is -2.38. The third-order valence-electron chi connectivity index (χ3n) is 14.6. The van der Waals surface area contributed by atoms with Crippen LogP contribution in [-0.4, -0.2) is 175 Å². The van der Waals surface area contributed by atoms with Gasteiger partial charge in [-0.1, -0.05) is 87.2 Å². The van der Waals surface area contributed by atoms with Crippen LogP contribution < -0.4 is 39.0 Å². The molecule has 2 unspecified atom stereocenters. The third kappa shape index (κ3) is 15.2. The van der Waals surface area contributed by atoms with Gasteiger partial charge in [0.1, 0.15) is 24.4 Å². The molecule has 420 valence electrons. The van der Waals surface area contributed by atoms with Crippen molar-refractivity contribution in [3.63, 3.8) is 0 Å². The molecule has 8 rings (SSSR count). The second-order valence-electron chi connectivity index (χ2n) is 19.8. The van der Waals surface area contributed by atoms with Gasteiger partial charge in [0.05, 0.1) is 68.9 Å². The Balaban J connectivity index is 0.00000882. The van der Waals surface area contributed by atoms with Crippen LogP contribution >= 0.6 is 0 Å². The summed E-state index contributed by atoms with van der Waals surface area (Å²) in [6, 6.07) is 15.0. The van der Waals surface area contributed by atoms with Crippen LogP contribution in [0.25, 0.3) is 10.9 Å². The molecule has 0 aliphatic carbocycles. The molecule has 2 aliphatic heterocycles. The molecule has 0 bridgehead atoms. The first-order valence-corrected chi connectivity index (χ1v) is 26.9. The highest BCUT2D eigenvalue weighted by atomic mass is 35.5. The molecule has 23 nitrogen and oxygen atoms in total. The number of para-hydroxylation sites is 1. The Morgan fingerprint density at radius 3 is 1.76 bits per heavy atom. The van der Waals surface area contributed by atoms with E-state index >= 15 is 0 Å². The fourth-order valence-corrected chi connectivity index (χ4v) is 9.37. The van der Waals surface area contributed by atoms with Gasteiger partial charge in [-0.3, -0.25) is 9.59 Å². The Morgan fingerprint density at radius 2 is 1.23 bits per heavy atom. The summed E-state index contributed by atoms with van der Waals surface area (Å²) >= 11 is 0. The fraction of sp³-hybridized carbons (Fsp3) is 0.537. The quantitative estimate of drug-likeness (QED) is 0.0351. The number of ether oxygens (including phenoxy) is 3. The lowest BCUT2D eigenvalue weighted by atomic mass is 9.98. The number of hydrogen-bond donors (Lipinski definition) is 5. The summed E-state index contributed by atoms with van der Waals surface area (Å²) in [5.41, 5.74) is 17.2. The van der Waals surface area contributed by atoms with Crippen LogP contribution in [-0.2, 0) is 36.6 Å². The Morgan fingerprint density at radius 1 is 0.718 bits per heavy atom.